The van der Waals surface area contributed by atoms with Crippen molar-refractivity contribution in [3.05, 3.63) is 59.5 Å². The zero-order valence-corrected chi connectivity index (χ0v) is 19.8. The van der Waals surface area contributed by atoms with E-state index >= 15 is 0 Å². The van der Waals surface area contributed by atoms with E-state index in [1.165, 1.54) is 0 Å². The van der Waals surface area contributed by atoms with Crippen LogP contribution in [-0.2, 0) is 15.6 Å². The van der Waals surface area contributed by atoms with Crippen LogP contribution in [0.2, 0.25) is 0 Å². The smallest absolute Gasteiger partial charge is 0.273 e. The van der Waals surface area contributed by atoms with Gasteiger partial charge in [0.2, 0.25) is 10.0 Å². The first-order chi connectivity index (χ1) is 15.5. The summed E-state index contributed by atoms with van der Waals surface area (Å²) in [6.07, 6.45) is 3.76. The normalized spacial score (nSPS) is 25.9. The summed E-state index contributed by atoms with van der Waals surface area (Å²) in [6, 6.07) is 7.76. The number of carbonyl (C=O) groups excluding carboxylic acids is 1. The number of nitrogens with one attached hydrogen (secondary N) is 1. The lowest BCUT2D eigenvalue weighted by atomic mass is 9.96. The number of aromatic nitrogens is 1. The fraction of sp³-hybridized carbons (Fsp3) is 0.500. The number of benzene rings is 1. The molecule has 33 heavy (non-hydrogen) atoms. The molecule has 3 aliphatic rings. The molecule has 9 heteroatoms. The van der Waals surface area contributed by atoms with Crippen LogP contribution >= 0.6 is 0 Å². The minimum atomic E-state index is -3.70. The SMILES string of the molecule is C=C1C[C@@H]2C[C@H](NC(=O)c3cc(C4CC4)on3)C[C@H]1N2S(=O)(=O)c1ccc(C(C)(C)N)cc1. The molecule has 1 aromatic heterocycles. The molecule has 2 bridgehead atoms. The molecule has 0 radical (unpaired) electrons. The van der Waals surface area contributed by atoms with Gasteiger partial charge in [-0.05, 0) is 63.6 Å². The van der Waals surface area contributed by atoms with E-state index in [0.717, 1.165) is 29.7 Å². The molecule has 176 valence electrons. The highest BCUT2D eigenvalue weighted by Crippen LogP contribution is 2.43. The summed E-state index contributed by atoms with van der Waals surface area (Å²) in [4.78, 5) is 12.9. The van der Waals surface area contributed by atoms with Crippen LogP contribution in [0.25, 0.3) is 0 Å². The average molecular weight is 471 g/mol. The van der Waals surface area contributed by atoms with E-state index in [0.29, 0.717) is 25.2 Å². The molecular weight excluding hydrogens is 440 g/mol. The molecule has 2 saturated heterocycles. The molecule has 1 amide bonds. The number of carbonyl (C=O) groups is 1. The molecule has 8 nitrogen and oxygen atoms in total. The monoisotopic (exact) mass is 470 g/mol. The molecule has 3 heterocycles. The third-order valence-corrected chi connectivity index (χ3v) is 8.93. The second-order valence-corrected chi connectivity index (χ2v) is 12.0. The molecule has 1 saturated carbocycles. The number of hydrogen-bond acceptors (Lipinski definition) is 6. The van der Waals surface area contributed by atoms with Gasteiger partial charge in [0.25, 0.3) is 5.91 Å². The third-order valence-electron chi connectivity index (χ3n) is 6.95. The predicted octanol–water partition coefficient (Wildman–Crippen LogP) is 3.03. The lowest BCUT2D eigenvalue weighted by Gasteiger charge is -2.38. The Labute approximate surface area is 194 Å². The molecular formula is C24H30N4O4S. The van der Waals surface area contributed by atoms with E-state index in [-0.39, 0.29) is 34.6 Å². The van der Waals surface area contributed by atoms with Crippen molar-refractivity contribution in [2.24, 2.45) is 5.73 Å². The fourth-order valence-corrected chi connectivity index (χ4v) is 6.84. The van der Waals surface area contributed by atoms with Gasteiger partial charge in [0, 0.05) is 35.6 Å². The van der Waals surface area contributed by atoms with Crippen molar-refractivity contribution in [2.45, 2.75) is 80.4 Å². The molecule has 1 aromatic carbocycles. The first-order valence-electron chi connectivity index (χ1n) is 11.4. The first kappa shape index (κ1) is 22.3. The number of fused-ring (bicyclic) bond motifs is 2. The van der Waals surface area contributed by atoms with Crippen LogP contribution < -0.4 is 11.1 Å². The molecule has 1 aliphatic carbocycles. The Kier molecular flexibility index (Phi) is 5.26. The van der Waals surface area contributed by atoms with Gasteiger partial charge >= 0.3 is 0 Å². The van der Waals surface area contributed by atoms with E-state index < -0.39 is 15.6 Å². The molecule has 0 spiro atoms. The predicted molar refractivity (Wildman–Crippen MR) is 123 cm³/mol. The Morgan fingerprint density at radius 3 is 2.55 bits per heavy atom. The summed E-state index contributed by atoms with van der Waals surface area (Å²) in [5.41, 5.74) is 7.62. The Bertz CT molecular complexity index is 1190. The fourth-order valence-electron chi connectivity index (χ4n) is 4.99. The van der Waals surface area contributed by atoms with Crippen molar-refractivity contribution in [3.8, 4) is 0 Å². The van der Waals surface area contributed by atoms with Crippen LogP contribution in [0, 0.1) is 0 Å². The van der Waals surface area contributed by atoms with E-state index in [2.05, 4.69) is 17.1 Å². The molecule has 3 N–H and O–H groups in total. The second-order valence-electron chi connectivity index (χ2n) is 10.1. The number of hydrogen-bond donors (Lipinski definition) is 2. The van der Waals surface area contributed by atoms with Crippen LogP contribution in [0.3, 0.4) is 0 Å². The number of sulfonamides is 1. The zero-order valence-electron chi connectivity index (χ0n) is 19.0. The number of piperidine rings is 1. The van der Waals surface area contributed by atoms with Gasteiger partial charge in [-0.3, -0.25) is 4.79 Å². The standard InChI is InChI=1S/C24H30N4O4S/c1-14-10-18-11-17(26-23(29)20-13-22(32-27-20)15-4-5-15)12-21(14)28(18)33(30,31)19-8-6-16(7-9-19)24(2,3)25/h6-9,13,15,17-18,21H,1,4-5,10-12,25H2,2-3H3,(H,26,29)/t17-,18+,21+/m0/s1. The lowest BCUT2D eigenvalue weighted by molar-refractivity contribution is 0.0902. The summed E-state index contributed by atoms with van der Waals surface area (Å²) >= 11 is 0. The molecule has 0 unspecified atom stereocenters. The average Bonchev–Trinajstić information content (AvgIpc) is 3.43. The van der Waals surface area contributed by atoms with Crippen LogP contribution in [0.4, 0.5) is 0 Å². The largest absolute Gasteiger partial charge is 0.360 e. The van der Waals surface area contributed by atoms with Crippen LogP contribution in [0.5, 0.6) is 0 Å². The maximum Gasteiger partial charge on any atom is 0.273 e. The highest BCUT2D eigenvalue weighted by molar-refractivity contribution is 7.89. The van der Waals surface area contributed by atoms with Crippen LogP contribution in [-0.4, -0.2) is 41.9 Å². The van der Waals surface area contributed by atoms with Gasteiger partial charge in [-0.15, -0.1) is 0 Å². The van der Waals surface area contributed by atoms with Gasteiger partial charge in [0.05, 0.1) is 4.90 Å². The van der Waals surface area contributed by atoms with Gasteiger partial charge in [-0.2, -0.15) is 4.31 Å². The molecule has 5 rings (SSSR count). The number of nitrogens with zero attached hydrogens (tertiary/aromatic N) is 2. The van der Waals surface area contributed by atoms with Crippen molar-refractivity contribution < 1.29 is 17.7 Å². The summed E-state index contributed by atoms with van der Waals surface area (Å²) in [5, 5.41) is 6.94. The summed E-state index contributed by atoms with van der Waals surface area (Å²) in [6.45, 7) is 7.90. The highest BCUT2D eigenvalue weighted by atomic mass is 32.2. The highest BCUT2D eigenvalue weighted by Gasteiger charge is 2.49. The quantitative estimate of drug-likeness (QED) is 0.627. The van der Waals surface area contributed by atoms with Gasteiger partial charge in [-0.1, -0.05) is 29.4 Å². The van der Waals surface area contributed by atoms with Crippen LogP contribution in [0.1, 0.15) is 73.7 Å². The number of rotatable bonds is 6. The first-order valence-corrected chi connectivity index (χ1v) is 12.9. The van der Waals surface area contributed by atoms with E-state index in [9.17, 15) is 13.2 Å². The van der Waals surface area contributed by atoms with Gasteiger partial charge in [0.1, 0.15) is 5.76 Å². The Morgan fingerprint density at radius 1 is 1.24 bits per heavy atom. The maximum absolute atomic E-state index is 13.5. The number of amides is 1. The maximum atomic E-state index is 13.5. The summed E-state index contributed by atoms with van der Waals surface area (Å²) < 4.78 is 33.9. The zero-order chi connectivity index (χ0) is 23.5. The van der Waals surface area contributed by atoms with Crippen molar-refractivity contribution >= 4 is 15.9 Å². The van der Waals surface area contributed by atoms with Crippen molar-refractivity contribution in [3.63, 3.8) is 0 Å². The van der Waals surface area contributed by atoms with E-state index in [4.69, 9.17) is 10.3 Å². The van der Waals surface area contributed by atoms with Crippen molar-refractivity contribution in [2.75, 3.05) is 0 Å². The lowest BCUT2D eigenvalue weighted by Crippen LogP contribution is -2.52. The minimum absolute atomic E-state index is 0.153. The second kappa shape index (κ2) is 7.78. The van der Waals surface area contributed by atoms with Crippen LogP contribution in [0.15, 0.2) is 51.9 Å². The summed E-state index contributed by atoms with van der Waals surface area (Å²) in [5.74, 6) is 0.868. The van der Waals surface area contributed by atoms with E-state index in [1.54, 1.807) is 34.6 Å². The van der Waals surface area contributed by atoms with Gasteiger partial charge in [0.15, 0.2) is 5.69 Å². The number of nitrogens with two attached hydrogens (primary N) is 1. The Hall–Kier alpha value is -2.49. The Balaban J connectivity index is 1.31. The molecule has 3 fully saturated rings. The van der Waals surface area contributed by atoms with E-state index in [1.807, 2.05) is 13.8 Å². The molecule has 3 atom stereocenters. The van der Waals surface area contributed by atoms with Gasteiger partial charge in [-0.25, -0.2) is 8.42 Å². The Morgan fingerprint density at radius 2 is 1.94 bits per heavy atom. The topological polar surface area (TPSA) is 119 Å². The van der Waals surface area contributed by atoms with Gasteiger partial charge < -0.3 is 15.6 Å². The molecule has 2 aromatic rings. The van der Waals surface area contributed by atoms with Crippen molar-refractivity contribution in [1.82, 2.24) is 14.8 Å². The minimum Gasteiger partial charge on any atom is -0.360 e. The molecule has 2 aliphatic heterocycles. The van der Waals surface area contributed by atoms with Crippen molar-refractivity contribution in [1.29, 1.82) is 0 Å². The summed E-state index contributed by atoms with van der Waals surface area (Å²) in [7, 11) is -3.70. The third kappa shape index (κ3) is 4.13.